The Labute approximate surface area is 169 Å². The molecule has 28 heavy (non-hydrogen) atoms. The molecule has 3 heterocycles. The van der Waals surface area contributed by atoms with Crippen molar-refractivity contribution in [2.45, 2.75) is 38.2 Å². The molecular formula is C21H23ClN4O2. The fourth-order valence-electron chi connectivity index (χ4n) is 3.52. The first-order valence-corrected chi connectivity index (χ1v) is 9.86. The van der Waals surface area contributed by atoms with E-state index in [1.54, 1.807) is 6.20 Å². The summed E-state index contributed by atoms with van der Waals surface area (Å²) in [6.45, 7) is 5.42. The Morgan fingerprint density at radius 3 is 2.61 bits per heavy atom. The Morgan fingerprint density at radius 1 is 1.18 bits per heavy atom. The summed E-state index contributed by atoms with van der Waals surface area (Å²) in [5, 5.41) is 15.7. The quantitative estimate of drug-likeness (QED) is 0.702. The van der Waals surface area contributed by atoms with Gasteiger partial charge >= 0.3 is 0 Å². The van der Waals surface area contributed by atoms with E-state index >= 15 is 0 Å². The van der Waals surface area contributed by atoms with E-state index in [4.69, 9.17) is 16.1 Å². The lowest BCUT2D eigenvalue weighted by Gasteiger charge is -2.39. The highest BCUT2D eigenvalue weighted by Gasteiger charge is 2.35. The summed E-state index contributed by atoms with van der Waals surface area (Å²) >= 11 is 6.30. The van der Waals surface area contributed by atoms with Crippen molar-refractivity contribution >= 4 is 17.4 Å². The van der Waals surface area contributed by atoms with Gasteiger partial charge in [0, 0.05) is 41.4 Å². The van der Waals surface area contributed by atoms with E-state index in [0.717, 1.165) is 16.9 Å². The number of aromatic nitrogens is 3. The van der Waals surface area contributed by atoms with Gasteiger partial charge < -0.3 is 14.5 Å². The molecule has 1 aliphatic rings. The number of hydrogen-bond donors (Lipinski definition) is 1. The topological polar surface area (TPSA) is 75.3 Å². The number of rotatable bonds is 4. The van der Waals surface area contributed by atoms with E-state index in [1.807, 2.05) is 50.2 Å². The molecule has 1 aromatic carbocycles. The van der Waals surface area contributed by atoms with Gasteiger partial charge in [0.1, 0.15) is 5.82 Å². The molecule has 1 fully saturated rings. The fraction of sp³-hybridized carbons (Fsp3) is 0.381. The van der Waals surface area contributed by atoms with E-state index in [2.05, 4.69) is 20.0 Å². The van der Waals surface area contributed by atoms with E-state index < -0.39 is 5.60 Å². The molecule has 1 saturated heterocycles. The van der Waals surface area contributed by atoms with Crippen LogP contribution in [0, 0.1) is 0 Å². The molecule has 0 aliphatic carbocycles. The Balaban J connectivity index is 1.51. The first-order valence-electron chi connectivity index (χ1n) is 9.49. The van der Waals surface area contributed by atoms with Gasteiger partial charge in [-0.15, -0.1) is 0 Å². The van der Waals surface area contributed by atoms with Crippen LogP contribution in [0.5, 0.6) is 0 Å². The minimum absolute atomic E-state index is 0.211. The molecule has 0 saturated carbocycles. The number of pyridine rings is 1. The molecule has 7 heteroatoms. The van der Waals surface area contributed by atoms with Crippen LogP contribution in [-0.4, -0.2) is 33.3 Å². The first-order chi connectivity index (χ1) is 13.5. The summed E-state index contributed by atoms with van der Waals surface area (Å²) in [6.07, 6.45) is 2.92. The van der Waals surface area contributed by atoms with Crippen molar-refractivity contribution in [3.63, 3.8) is 0 Å². The first kappa shape index (κ1) is 18.9. The van der Waals surface area contributed by atoms with Gasteiger partial charge in [-0.3, -0.25) is 0 Å². The normalized spacial score (nSPS) is 16.5. The van der Waals surface area contributed by atoms with Crippen molar-refractivity contribution in [1.29, 1.82) is 0 Å². The van der Waals surface area contributed by atoms with Crippen LogP contribution in [0.4, 0.5) is 5.82 Å². The van der Waals surface area contributed by atoms with Crippen molar-refractivity contribution in [1.82, 2.24) is 15.1 Å². The lowest BCUT2D eigenvalue weighted by molar-refractivity contribution is 0.0117. The maximum Gasteiger partial charge on any atom is 0.258 e. The second-order valence-electron chi connectivity index (χ2n) is 7.51. The third kappa shape index (κ3) is 3.62. The Hall–Kier alpha value is -2.44. The predicted octanol–water partition coefficient (Wildman–Crippen LogP) is 4.40. The number of benzene rings is 1. The smallest absolute Gasteiger partial charge is 0.258 e. The van der Waals surface area contributed by atoms with Crippen LogP contribution in [0.25, 0.3) is 11.5 Å². The molecule has 1 N–H and O–H groups in total. The highest BCUT2D eigenvalue weighted by Crippen LogP contribution is 2.37. The monoisotopic (exact) mass is 398 g/mol. The van der Waals surface area contributed by atoms with Crippen LogP contribution < -0.4 is 4.90 Å². The van der Waals surface area contributed by atoms with Gasteiger partial charge in [0.2, 0.25) is 0 Å². The molecule has 0 radical (unpaired) electrons. The third-order valence-corrected chi connectivity index (χ3v) is 5.57. The van der Waals surface area contributed by atoms with Crippen LogP contribution in [0.15, 0.2) is 47.1 Å². The van der Waals surface area contributed by atoms with Crippen molar-refractivity contribution in [3.05, 3.63) is 59.0 Å². The predicted molar refractivity (Wildman–Crippen MR) is 108 cm³/mol. The molecule has 2 aromatic heterocycles. The largest absolute Gasteiger partial charge is 0.385 e. The maximum atomic E-state index is 11.1. The summed E-state index contributed by atoms with van der Waals surface area (Å²) < 4.78 is 5.40. The molecule has 0 unspecified atom stereocenters. The molecule has 0 atom stereocenters. The van der Waals surface area contributed by atoms with Crippen molar-refractivity contribution in [3.8, 4) is 11.5 Å². The lowest BCUT2D eigenvalue weighted by atomic mass is 9.84. The van der Waals surface area contributed by atoms with Crippen LogP contribution in [0.1, 0.15) is 44.0 Å². The molecule has 146 valence electrons. The van der Waals surface area contributed by atoms with Crippen molar-refractivity contribution < 1.29 is 9.63 Å². The van der Waals surface area contributed by atoms with Gasteiger partial charge in [-0.2, -0.15) is 4.98 Å². The number of aliphatic hydroxyl groups is 1. The van der Waals surface area contributed by atoms with Crippen molar-refractivity contribution in [2.75, 3.05) is 18.0 Å². The number of hydrogen-bond acceptors (Lipinski definition) is 6. The SMILES string of the molecule is CC(C)c1noc(-c2ccnc(N3CCC(O)(c4ccccc4Cl)CC3)c2)n1. The van der Waals surface area contributed by atoms with E-state index in [1.165, 1.54) is 0 Å². The summed E-state index contributed by atoms with van der Waals surface area (Å²) in [7, 11) is 0. The molecule has 4 rings (SSSR count). The highest BCUT2D eigenvalue weighted by atomic mass is 35.5. The van der Waals surface area contributed by atoms with Gasteiger partial charge in [-0.05, 0) is 31.0 Å². The lowest BCUT2D eigenvalue weighted by Crippen LogP contribution is -2.43. The fourth-order valence-corrected chi connectivity index (χ4v) is 3.84. The minimum atomic E-state index is -0.912. The average Bonchev–Trinajstić information content (AvgIpc) is 3.20. The van der Waals surface area contributed by atoms with Crippen molar-refractivity contribution in [2.24, 2.45) is 0 Å². The van der Waals surface area contributed by atoms with E-state index in [9.17, 15) is 5.11 Å². The summed E-state index contributed by atoms with van der Waals surface area (Å²) in [5.41, 5.74) is 0.729. The third-order valence-electron chi connectivity index (χ3n) is 5.24. The van der Waals surface area contributed by atoms with E-state index in [-0.39, 0.29) is 5.92 Å². The molecule has 0 spiro atoms. The molecular weight excluding hydrogens is 376 g/mol. The zero-order valence-corrected chi connectivity index (χ0v) is 16.7. The second kappa shape index (κ2) is 7.53. The number of halogens is 1. The zero-order chi connectivity index (χ0) is 19.7. The number of nitrogens with zero attached hydrogens (tertiary/aromatic N) is 4. The van der Waals surface area contributed by atoms with Crippen LogP contribution in [0.2, 0.25) is 5.02 Å². The summed E-state index contributed by atoms with van der Waals surface area (Å²) in [5.74, 6) is 2.24. The number of piperidine rings is 1. The van der Waals surface area contributed by atoms with Gasteiger partial charge in [-0.25, -0.2) is 4.98 Å². The van der Waals surface area contributed by atoms with Crippen LogP contribution in [-0.2, 0) is 5.60 Å². The molecule has 3 aromatic rings. The van der Waals surface area contributed by atoms with Gasteiger partial charge in [-0.1, -0.05) is 48.8 Å². The Bertz CT molecular complexity index is 964. The minimum Gasteiger partial charge on any atom is -0.385 e. The summed E-state index contributed by atoms with van der Waals surface area (Å²) in [6, 6.07) is 11.3. The summed E-state index contributed by atoms with van der Waals surface area (Å²) in [4.78, 5) is 11.1. The Morgan fingerprint density at radius 2 is 1.93 bits per heavy atom. The Kier molecular flexibility index (Phi) is 5.08. The van der Waals surface area contributed by atoms with Gasteiger partial charge in [0.15, 0.2) is 5.82 Å². The number of anilines is 1. The van der Waals surface area contributed by atoms with Gasteiger partial charge in [0.25, 0.3) is 5.89 Å². The average molecular weight is 399 g/mol. The molecule has 0 amide bonds. The van der Waals surface area contributed by atoms with E-state index in [0.29, 0.717) is 42.7 Å². The molecule has 0 bridgehead atoms. The zero-order valence-electron chi connectivity index (χ0n) is 16.0. The van der Waals surface area contributed by atoms with Gasteiger partial charge in [0.05, 0.1) is 5.60 Å². The standard InChI is InChI=1S/C21H23ClN4O2/c1-14(2)19-24-20(28-25-19)15-7-10-23-18(13-15)26-11-8-21(27,9-12-26)16-5-3-4-6-17(16)22/h3-7,10,13-14,27H,8-9,11-12H2,1-2H3. The molecule has 1 aliphatic heterocycles. The second-order valence-corrected chi connectivity index (χ2v) is 7.92. The highest BCUT2D eigenvalue weighted by molar-refractivity contribution is 6.31. The van der Waals surface area contributed by atoms with Crippen LogP contribution >= 0.6 is 11.6 Å². The van der Waals surface area contributed by atoms with Crippen LogP contribution in [0.3, 0.4) is 0 Å². The maximum absolute atomic E-state index is 11.1. The molecule has 6 nitrogen and oxygen atoms in total.